The number of hydrogen-bond acceptors (Lipinski definition) is 4. The van der Waals surface area contributed by atoms with E-state index >= 15 is 0 Å². The van der Waals surface area contributed by atoms with Crippen LogP contribution in [0.15, 0.2) is 42.5 Å². The molecule has 0 bridgehead atoms. The lowest BCUT2D eigenvalue weighted by Crippen LogP contribution is -2.38. The summed E-state index contributed by atoms with van der Waals surface area (Å²) in [7, 11) is -4.14. The molecule has 0 radical (unpaired) electrons. The first-order chi connectivity index (χ1) is 15.9. The van der Waals surface area contributed by atoms with Gasteiger partial charge in [-0.2, -0.15) is 13.2 Å². The Morgan fingerprint density at radius 1 is 1.09 bits per heavy atom. The van der Waals surface area contributed by atoms with Crippen LogP contribution in [0.2, 0.25) is 5.02 Å². The Morgan fingerprint density at radius 3 is 2.35 bits per heavy atom. The third kappa shape index (κ3) is 6.20. The molecule has 0 spiro atoms. The number of hydrogen-bond donors (Lipinski definition) is 1. The molecule has 0 atom stereocenters. The number of sulfonamides is 1. The lowest BCUT2D eigenvalue weighted by molar-refractivity contribution is -0.137. The van der Waals surface area contributed by atoms with Crippen LogP contribution in [0, 0.1) is 0 Å². The summed E-state index contributed by atoms with van der Waals surface area (Å²) in [5.41, 5.74) is -1.16. The lowest BCUT2D eigenvalue weighted by Gasteiger charge is -2.27. The van der Waals surface area contributed by atoms with Gasteiger partial charge in [0.25, 0.3) is 5.91 Å². The molecule has 34 heavy (non-hydrogen) atoms. The highest BCUT2D eigenvalue weighted by Gasteiger charge is 2.34. The number of piperidine rings is 1. The van der Waals surface area contributed by atoms with Crippen LogP contribution in [0.3, 0.4) is 0 Å². The fourth-order valence-corrected chi connectivity index (χ4v) is 4.72. The van der Waals surface area contributed by atoms with Crippen molar-refractivity contribution >= 4 is 44.8 Å². The average Bonchev–Trinajstić information content (AvgIpc) is 2.77. The van der Waals surface area contributed by atoms with Gasteiger partial charge in [-0.1, -0.05) is 23.7 Å². The van der Waals surface area contributed by atoms with E-state index < -0.39 is 39.2 Å². The highest BCUT2D eigenvalue weighted by atomic mass is 35.5. The molecule has 1 aliphatic heterocycles. The van der Waals surface area contributed by atoms with Gasteiger partial charge in [-0.3, -0.25) is 13.9 Å². The van der Waals surface area contributed by atoms with Crippen molar-refractivity contribution in [3.8, 4) is 0 Å². The van der Waals surface area contributed by atoms with Gasteiger partial charge in [-0.15, -0.1) is 0 Å². The van der Waals surface area contributed by atoms with Crippen LogP contribution in [0.1, 0.15) is 35.2 Å². The number of nitrogens with zero attached hydrogens (tertiary/aromatic N) is 2. The zero-order valence-corrected chi connectivity index (χ0v) is 19.8. The number of likely N-dealkylation sites (tertiary alicyclic amines) is 1. The van der Waals surface area contributed by atoms with E-state index in [0.717, 1.165) is 37.7 Å². The number of anilines is 2. The number of halogens is 4. The molecule has 2 amide bonds. The molecule has 0 unspecified atom stereocenters. The molecule has 0 saturated carbocycles. The van der Waals surface area contributed by atoms with Crippen molar-refractivity contribution in [2.45, 2.75) is 25.4 Å². The van der Waals surface area contributed by atoms with Crippen molar-refractivity contribution in [2.24, 2.45) is 0 Å². The van der Waals surface area contributed by atoms with Gasteiger partial charge in [0.2, 0.25) is 15.9 Å². The Labute approximate surface area is 200 Å². The van der Waals surface area contributed by atoms with Crippen LogP contribution in [0.4, 0.5) is 24.5 Å². The summed E-state index contributed by atoms with van der Waals surface area (Å²) in [5, 5.41) is 1.92. The van der Waals surface area contributed by atoms with Crippen molar-refractivity contribution in [2.75, 3.05) is 35.5 Å². The second-order valence-electron chi connectivity index (χ2n) is 7.88. The largest absolute Gasteiger partial charge is 0.417 e. The van der Waals surface area contributed by atoms with Crippen LogP contribution in [0.25, 0.3) is 0 Å². The number of para-hydroxylation sites is 1. The van der Waals surface area contributed by atoms with E-state index in [1.54, 1.807) is 23.1 Å². The van der Waals surface area contributed by atoms with Crippen molar-refractivity contribution in [3.63, 3.8) is 0 Å². The minimum Gasteiger partial charge on any atom is -0.339 e. The summed E-state index contributed by atoms with van der Waals surface area (Å²) in [6.45, 7) is 0.395. The van der Waals surface area contributed by atoms with Crippen molar-refractivity contribution in [3.05, 3.63) is 58.6 Å². The standard InChI is InChI=1S/C22H23ClF3N3O4S/c1-34(32,33)29(15-9-10-18(23)17(13-15)22(24,25)26)14-20(30)27-19-8-4-3-7-16(19)21(31)28-11-5-2-6-12-28/h3-4,7-10,13H,2,5-6,11-12,14H2,1H3,(H,27,30). The van der Waals surface area contributed by atoms with Crippen molar-refractivity contribution in [1.29, 1.82) is 0 Å². The molecule has 2 aromatic carbocycles. The molecule has 1 fully saturated rings. The van der Waals surface area contributed by atoms with E-state index in [-0.39, 0.29) is 22.8 Å². The van der Waals surface area contributed by atoms with E-state index in [0.29, 0.717) is 23.5 Å². The molecule has 3 rings (SSSR count). The van der Waals surface area contributed by atoms with Crippen LogP contribution >= 0.6 is 11.6 Å². The van der Waals surface area contributed by atoms with Crippen LogP contribution in [-0.2, 0) is 21.0 Å². The summed E-state index contributed by atoms with van der Waals surface area (Å²) >= 11 is 5.62. The Kier molecular flexibility index (Phi) is 7.77. The van der Waals surface area contributed by atoms with Gasteiger partial charge in [0.1, 0.15) is 6.54 Å². The van der Waals surface area contributed by atoms with Gasteiger partial charge in [0, 0.05) is 13.1 Å². The van der Waals surface area contributed by atoms with E-state index in [2.05, 4.69) is 5.32 Å². The molecule has 1 N–H and O–H groups in total. The minimum absolute atomic E-state index is 0.184. The number of carbonyl (C=O) groups is 2. The SMILES string of the molecule is CS(=O)(=O)N(CC(=O)Nc1ccccc1C(=O)N1CCCCC1)c1ccc(Cl)c(C(F)(F)F)c1. The number of alkyl halides is 3. The summed E-state index contributed by atoms with van der Waals surface area (Å²) in [5.74, 6) is -1.09. The van der Waals surface area contributed by atoms with Crippen LogP contribution in [-0.4, -0.2) is 51.0 Å². The number of amides is 2. The van der Waals surface area contributed by atoms with Gasteiger partial charge in [0.15, 0.2) is 0 Å². The maximum atomic E-state index is 13.2. The lowest BCUT2D eigenvalue weighted by atomic mass is 10.1. The van der Waals surface area contributed by atoms with Crippen LogP contribution < -0.4 is 9.62 Å². The maximum Gasteiger partial charge on any atom is 0.417 e. The minimum atomic E-state index is -4.81. The van der Waals surface area contributed by atoms with E-state index in [1.165, 1.54) is 6.07 Å². The predicted octanol–water partition coefficient (Wildman–Crippen LogP) is 4.39. The first-order valence-electron chi connectivity index (χ1n) is 10.4. The molecule has 1 heterocycles. The topological polar surface area (TPSA) is 86.8 Å². The number of carbonyl (C=O) groups excluding carboxylic acids is 2. The molecule has 1 saturated heterocycles. The normalized spacial score (nSPS) is 14.6. The van der Waals surface area contributed by atoms with Gasteiger partial charge in [-0.25, -0.2) is 8.42 Å². The van der Waals surface area contributed by atoms with Gasteiger partial charge in [0.05, 0.1) is 33.8 Å². The van der Waals surface area contributed by atoms with E-state index in [1.807, 2.05) is 0 Å². The second kappa shape index (κ2) is 10.2. The Bertz CT molecular complexity index is 1180. The number of rotatable bonds is 6. The Morgan fingerprint density at radius 2 is 1.74 bits per heavy atom. The fourth-order valence-electron chi connectivity index (χ4n) is 3.65. The van der Waals surface area contributed by atoms with E-state index in [4.69, 9.17) is 11.6 Å². The van der Waals surface area contributed by atoms with Crippen molar-refractivity contribution in [1.82, 2.24) is 4.90 Å². The molecule has 1 aliphatic rings. The zero-order valence-electron chi connectivity index (χ0n) is 18.2. The maximum absolute atomic E-state index is 13.2. The first kappa shape index (κ1) is 25.8. The third-order valence-electron chi connectivity index (χ3n) is 5.31. The molecule has 184 valence electrons. The van der Waals surface area contributed by atoms with Crippen molar-refractivity contribution < 1.29 is 31.2 Å². The molecule has 2 aromatic rings. The fraction of sp³-hybridized carbons (Fsp3) is 0.364. The Balaban J connectivity index is 1.85. The summed E-state index contributed by atoms with van der Waals surface area (Å²) in [4.78, 5) is 27.4. The quantitative estimate of drug-likeness (QED) is 0.615. The van der Waals surface area contributed by atoms with E-state index in [9.17, 15) is 31.2 Å². The molecule has 0 aromatic heterocycles. The summed E-state index contributed by atoms with van der Waals surface area (Å²) in [6, 6.07) is 8.87. The molecule has 12 heteroatoms. The first-order valence-corrected chi connectivity index (χ1v) is 12.6. The smallest absolute Gasteiger partial charge is 0.339 e. The van der Waals surface area contributed by atoms with Crippen LogP contribution in [0.5, 0.6) is 0 Å². The molecular formula is C22H23ClF3N3O4S. The van der Waals surface area contributed by atoms with Gasteiger partial charge >= 0.3 is 6.18 Å². The number of nitrogens with one attached hydrogen (secondary N) is 1. The third-order valence-corrected chi connectivity index (χ3v) is 6.78. The average molecular weight is 518 g/mol. The number of benzene rings is 2. The summed E-state index contributed by atoms with van der Waals surface area (Å²) < 4.78 is 64.9. The molecule has 7 nitrogen and oxygen atoms in total. The Hall–Kier alpha value is -2.79. The zero-order chi connectivity index (χ0) is 25.1. The van der Waals surface area contributed by atoms with Gasteiger partial charge < -0.3 is 10.2 Å². The monoisotopic (exact) mass is 517 g/mol. The summed E-state index contributed by atoms with van der Waals surface area (Å²) in [6.07, 6.45) is -1.25. The highest BCUT2D eigenvalue weighted by Crippen LogP contribution is 2.37. The second-order valence-corrected chi connectivity index (χ2v) is 10.2. The van der Waals surface area contributed by atoms with Gasteiger partial charge in [-0.05, 0) is 49.6 Å². The predicted molar refractivity (Wildman–Crippen MR) is 123 cm³/mol. The molecule has 0 aliphatic carbocycles. The highest BCUT2D eigenvalue weighted by molar-refractivity contribution is 7.92. The molecular weight excluding hydrogens is 495 g/mol.